The molecule has 0 bridgehead atoms. The van der Waals surface area contributed by atoms with Gasteiger partial charge >= 0.3 is 0 Å². The van der Waals surface area contributed by atoms with Gasteiger partial charge in [-0.15, -0.1) is 0 Å². The second-order valence-electron chi connectivity index (χ2n) is 4.74. The minimum absolute atomic E-state index is 0.0864. The highest BCUT2D eigenvalue weighted by Gasteiger charge is 2.13. The van der Waals surface area contributed by atoms with E-state index in [1.807, 2.05) is 0 Å². The van der Waals surface area contributed by atoms with E-state index in [-0.39, 0.29) is 12.3 Å². The zero-order valence-electron chi connectivity index (χ0n) is 11.3. The summed E-state index contributed by atoms with van der Waals surface area (Å²) >= 11 is 11.9. The van der Waals surface area contributed by atoms with E-state index >= 15 is 0 Å². The van der Waals surface area contributed by atoms with Gasteiger partial charge < -0.3 is 10.5 Å². The average molecular weight is 336 g/mol. The summed E-state index contributed by atoms with van der Waals surface area (Å²) < 4.78 is 0.980. The Labute approximate surface area is 136 Å². The van der Waals surface area contributed by atoms with E-state index < -0.39 is 0 Å². The summed E-state index contributed by atoms with van der Waals surface area (Å²) in [6.07, 6.45) is 4.58. The third kappa shape index (κ3) is 2.86. The molecule has 22 heavy (non-hydrogen) atoms. The van der Waals surface area contributed by atoms with E-state index in [4.69, 9.17) is 23.2 Å². The summed E-state index contributed by atoms with van der Waals surface area (Å²) in [5.41, 5.74) is 1.75. The van der Waals surface area contributed by atoms with Gasteiger partial charge in [-0.1, -0.05) is 23.2 Å². The number of hydrogen-bond acceptors (Lipinski definition) is 3. The molecule has 2 N–H and O–H groups in total. The molecular formula is C15H11Cl2N3O2. The maximum Gasteiger partial charge on any atom is 0.228 e. The van der Waals surface area contributed by atoms with Crippen LogP contribution < -0.4 is 5.32 Å². The lowest BCUT2D eigenvalue weighted by molar-refractivity contribution is -0.115. The minimum Gasteiger partial charge on any atom is -0.428 e. The van der Waals surface area contributed by atoms with Gasteiger partial charge in [0, 0.05) is 29.0 Å². The summed E-state index contributed by atoms with van der Waals surface area (Å²) in [4.78, 5) is 16.0. The van der Waals surface area contributed by atoms with Crippen molar-refractivity contribution in [3.05, 3.63) is 58.5 Å². The van der Waals surface area contributed by atoms with Crippen LogP contribution in [0.2, 0.25) is 10.0 Å². The Kier molecular flexibility index (Phi) is 3.92. The lowest BCUT2D eigenvalue weighted by Gasteiger charge is -2.06. The zero-order chi connectivity index (χ0) is 15.7. The molecule has 0 radical (unpaired) electrons. The number of carbonyl (C=O) groups is 1. The molecule has 0 aliphatic carbocycles. The smallest absolute Gasteiger partial charge is 0.228 e. The number of halogens is 2. The summed E-state index contributed by atoms with van der Waals surface area (Å²) in [5.74, 6) is -0.249. The van der Waals surface area contributed by atoms with Crippen LogP contribution in [0.1, 0.15) is 5.56 Å². The molecule has 0 saturated carbocycles. The van der Waals surface area contributed by atoms with Crippen molar-refractivity contribution in [2.45, 2.75) is 6.42 Å². The van der Waals surface area contributed by atoms with Gasteiger partial charge in [0.1, 0.15) is 0 Å². The predicted molar refractivity (Wildman–Crippen MR) is 85.7 cm³/mol. The number of benzene rings is 1. The normalized spacial score (nSPS) is 10.8. The van der Waals surface area contributed by atoms with Crippen molar-refractivity contribution >= 4 is 45.7 Å². The summed E-state index contributed by atoms with van der Waals surface area (Å²) in [7, 11) is 0. The first-order valence-corrected chi connectivity index (χ1v) is 7.18. The number of pyridine rings is 1. The van der Waals surface area contributed by atoms with Gasteiger partial charge in [-0.3, -0.25) is 9.78 Å². The summed E-state index contributed by atoms with van der Waals surface area (Å²) in [6.45, 7) is 0. The van der Waals surface area contributed by atoms with Crippen LogP contribution in [0.5, 0.6) is 0 Å². The van der Waals surface area contributed by atoms with Gasteiger partial charge in [-0.2, -0.15) is 4.73 Å². The van der Waals surface area contributed by atoms with Crippen LogP contribution in [0.25, 0.3) is 10.9 Å². The van der Waals surface area contributed by atoms with Crippen LogP contribution in [0, 0.1) is 0 Å². The molecule has 112 valence electrons. The number of nitrogens with zero attached hydrogens (tertiary/aromatic N) is 2. The first kappa shape index (κ1) is 14.7. The molecule has 5 nitrogen and oxygen atoms in total. The van der Waals surface area contributed by atoms with E-state index in [9.17, 15) is 10.0 Å². The minimum atomic E-state index is -0.249. The molecule has 0 atom stereocenters. The van der Waals surface area contributed by atoms with Crippen LogP contribution in [0.4, 0.5) is 5.69 Å². The van der Waals surface area contributed by atoms with Gasteiger partial charge in [0.25, 0.3) is 0 Å². The quantitative estimate of drug-likeness (QED) is 0.716. The number of aromatic nitrogens is 2. The van der Waals surface area contributed by atoms with Crippen LogP contribution in [0.15, 0.2) is 42.9 Å². The Morgan fingerprint density at radius 1 is 1.32 bits per heavy atom. The molecule has 3 aromatic rings. The number of fused-ring (bicyclic) bond motifs is 1. The molecule has 0 aliphatic rings. The van der Waals surface area contributed by atoms with Crippen LogP contribution in [0.3, 0.4) is 0 Å². The highest BCUT2D eigenvalue weighted by molar-refractivity contribution is 6.33. The molecule has 7 heteroatoms. The van der Waals surface area contributed by atoms with Crippen molar-refractivity contribution in [2.75, 3.05) is 5.32 Å². The van der Waals surface area contributed by atoms with E-state index in [1.165, 1.54) is 12.4 Å². The topological polar surface area (TPSA) is 67.2 Å². The molecule has 0 fully saturated rings. The Bertz CT molecular complexity index is 861. The summed E-state index contributed by atoms with van der Waals surface area (Å²) in [6, 6.07) is 6.70. The standard InChI is InChI=1S/C15H11Cl2N3O2/c16-10-1-2-14-11(6-10)9(8-20(14)22)5-15(21)19-13-3-4-18-7-12(13)17/h1-4,6-8,22H,5H2,(H,18,19,21). The van der Waals surface area contributed by atoms with Gasteiger partial charge in [0.05, 0.1) is 22.6 Å². The second kappa shape index (κ2) is 5.87. The molecular weight excluding hydrogens is 325 g/mol. The Hall–Kier alpha value is -2.24. The second-order valence-corrected chi connectivity index (χ2v) is 5.58. The molecule has 2 aromatic heterocycles. The molecule has 1 amide bonds. The Balaban J connectivity index is 1.85. The molecule has 0 saturated heterocycles. The van der Waals surface area contributed by atoms with Crippen LogP contribution in [-0.2, 0) is 11.2 Å². The fourth-order valence-corrected chi connectivity index (χ4v) is 2.58. The highest BCUT2D eigenvalue weighted by atomic mass is 35.5. The molecule has 0 unspecified atom stereocenters. The van der Waals surface area contributed by atoms with E-state index in [0.717, 1.165) is 10.1 Å². The molecule has 2 heterocycles. The SMILES string of the molecule is O=C(Cc1cn(O)c2ccc(Cl)cc12)Nc1ccncc1Cl. The van der Waals surface area contributed by atoms with Gasteiger partial charge in [-0.25, -0.2) is 0 Å². The average Bonchev–Trinajstić information content (AvgIpc) is 2.77. The number of amides is 1. The number of anilines is 1. The van der Waals surface area contributed by atoms with Crippen molar-refractivity contribution in [3.8, 4) is 0 Å². The Morgan fingerprint density at radius 3 is 2.91 bits per heavy atom. The van der Waals surface area contributed by atoms with E-state index in [1.54, 1.807) is 30.5 Å². The summed E-state index contributed by atoms with van der Waals surface area (Å²) in [5, 5.41) is 14.2. The number of nitrogens with one attached hydrogen (secondary N) is 1. The van der Waals surface area contributed by atoms with Gasteiger partial charge in [0.2, 0.25) is 5.91 Å². The lowest BCUT2D eigenvalue weighted by atomic mass is 10.1. The predicted octanol–water partition coefficient (Wildman–Crippen LogP) is 3.76. The fraction of sp³-hybridized carbons (Fsp3) is 0.0667. The van der Waals surface area contributed by atoms with Gasteiger partial charge in [0.15, 0.2) is 0 Å². The Morgan fingerprint density at radius 2 is 2.14 bits per heavy atom. The number of rotatable bonds is 3. The van der Waals surface area contributed by atoms with E-state index in [2.05, 4.69) is 10.3 Å². The van der Waals surface area contributed by atoms with E-state index in [0.29, 0.717) is 26.8 Å². The molecule has 3 rings (SSSR count). The van der Waals surface area contributed by atoms with Crippen molar-refractivity contribution in [2.24, 2.45) is 0 Å². The van der Waals surface area contributed by atoms with Crippen molar-refractivity contribution < 1.29 is 10.0 Å². The highest BCUT2D eigenvalue weighted by Crippen LogP contribution is 2.25. The number of hydrogen-bond donors (Lipinski definition) is 2. The monoisotopic (exact) mass is 335 g/mol. The largest absolute Gasteiger partial charge is 0.428 e. The van der Waals surface area contributed by atoms with Crippen LogP contribution >= 0.6 is 23.2 Å². The zero-order valence-corrected chi connectivity index (χ0v) is 12.8. The van der Waals surface area contributed by atoms with Crippen molar-refractivity contribution in [1.82, 2.24) is 9.71 Å². The van der Waals surface area contributed by atoms with Crippen molar-refractivity contribution in [3.63, 3.8) is 0 Å². The maximum atomic E-state index is 12.2. The fourth-order valence-electron chi connectivity index (χ4n) is 2.24. The first-order chi connectivity index (χ1) is 10.5. The van der Waals surface area contributed by atoms with Gasteiger partial charge in [-0.05, 0) is 29.8 Å². The molecule has 0 aliphatic heterocycles. The molecule has 1 aromatic carbocycles. The van der Waals surface area contributed by atoms with Crippen molar-refractivity contribution in [1.29, 1.82) is 0 Å². The molecule has 0 spiro atoms. The lowest BCUT2D eigenvalue weighted by Crippen LogP contribution is -2.14. The third-order valence-corrected chi connectivity index (χ3v) is 3.76. The maximum absolute atomic E-state index is 12.2. The number of carbonyl (C=O) groups excluding carboxylic acids is 1. The van der Waals surface area contributed by atoms with Crippen LogP contribution in [-0.4, -0.2) is 20.8 Å². The third-order valence-electron chi connectivity index (χ3n) is 3.23. The first-order valence-electron chi connectivity index (χ1n) is 6.42.